The van der Waals surface area contributed by atoms with E-state index in [9.17, 15) is 4.79 Å². The number of hydrogen-bond donors (Lipinski definition) is 1. The van der Waals surface area contributed by atoms with Gasteiger partial charge in [-0.3, -0.25) is 4.79 Å². The molecule has 0 aliphatic heterocycles. The van der Waals surface area contributed by atoms with Gasteiger partial charge in [-0.1, -0.05) is 34.1 Å². The molecule has 1 aromatic carbocycles. The normalized spacial score (nSPS) is 10.6. The zero-order chi connectivity index (χ0) is 15.5. The number of anilines is 1. The van der Waals surface area contributed by atoms with E-state index in [1.807, 2.05) is 24.3 Å². The summed E-state index contributed by atoms with van der Waals surface area (Å²) >= 11 is 9.17. The lowest BCUT2D eigenvalue weighted by atomic mass is 10.2. The molecule has 2 aromatic heterocycles. The van der Waals surface area contributed by atoms with Crippen molar-refractivity contribution in [2.45, 2.75) is 6.54 Å². The number of furan rings is 1. The third-order valence-electron chi connectivity index (χ3n) is 3.03. The number of rotatable bonds is 4. The topological polar surface area (TPSA) is 60.1 Å². The average molecular weight is 381 g/mol. The molecule has 0 unspecified atom stereocenters. The molecule has 7 heteroatoms. The van der Waals surface area contributed by atoms with E-state index in [1.165, 1.54) is 12.1 Å². The van der Waals surface area contributed by atoms with Gasteiger partial charge in [-0.2, -0.15) is 5.10 Å². The minimum absolute atomic E-state index is 0.152. The summed E-state index contributed by atoms with van der Waals surface area (Å²) in [5.41, 5.74) is 1.06. The van der Waals surface area contributed by atoms with Gasteiger partial charge in [0, 0.05) is 10.5 Å². The fourth-order valence-electron chi connectivity index (χ4n) is 1.97. The van der Waals surface area contributed by atoms with Crippen molar-refractivity contribution in [2.75, 3.05) is 5.32 Å². The van der Waals surface area contributed by atoms with Crippen LogP contribution in [0, 0.1) is 0 Å². The smallest absolute Gasteiger partial charge is 0.292 e. The molecule has 0 aliphatic rings. The van der Waals surface area contributed by atoms with Crippen molar-refractivity contribution in [2.24, 2.45) is 0 Å². The van der Waals surface area contributed by atoms with Crippen LogP contribution in [0.1, 0.15) is 16.1 Å². The largest absolute Gasteiger partial charge is 0.440 e. The summed E-state index contributed by atoms with van der Waals surface area (Å²) in [5, 5.41) is 7.16. The van der Waals surface area contributed by atoms with Crippen LogP contribution in [0.4, 0.5) is 5.82 Å². The van der Waals surface area contributed by atoms with Crippen molar-refractivity contribution < 1.29 is 9.21 Å². The second kappa shape index (κ2) is 6.37. The summed E-state index contributed by atoms with van der Waals surface area (Å²) < 4.78 is 7.77. The highest BCUT2D eigenvalue weighted by atomic mass is 79.9. The molecule has 0 saturated carbocycles. The molecule has 2 heterocycles. The van der Waals surface area contributed by atoms with E-state index in [0.29, 0.717) is 12.4 Å². The Bertz CT molecular complexity index is 812. The number of amides is 1. The molecule has 1 N–H and O–H groups in total. The Labute approximate surface area is 140 Å². The van der Waals surface area contributed by atoms with Crippen LogP contribution in [-0.4, -0.2) is 15.7 Å². The van der Waals surface area contributed by atoms with Crippen LogP contribution in [0.25, 0.3) is 0 Å². The van der Waals surface area contributed by atoms with E-state index < -0.39 is 0 Å². The third-order valence-corrected chi connectivity index (χ3v) is 4.01. The fourth-order valence-corrected chi connectivity index (χ4v) is 2.52. The maximum absolute atomic E-state index is 12.1. The highest BCUT2D eigenvalue weighted by molar-refractivity contribution is 9.10. The lowest BCUT2D eigenvalue weighted by Crippen LogP contribution is -2.15. The molecule has 0 bridgehead atoms. The SMILES string of the molecule is O=C(Nc1ccnn1Cc1ccccc1Br)c1ccc(Cl)o1. The van der Waals surface area contributed by atoms with E-state index in [1.54, 1.807) is 16.9 Å². The van der Waals surface area contributed by atoms with Gasteiger partial charge in [-0.15, -0.1) is 0 Å². The molecule has 0 saturated heterocycles. The Balaban J connectivity index is 1.78. The van der Waals surface area contributed by atoms with Crippen molar-refractivity contribution in [3.63, 3.8) is 0 Å². The minimum atomic E-state index is -0.374. The molecule has 0 radical (unpaired) electrons. The molecule has 0 fully saturated rings. The molecule has 3 aromatic rings. The van der Waals surface area contributed by atoms with Gasteiger partial charge in [0.15, 0.2) is 11.0 Å². The second-order valence-electron chi connectivity index (χ2n) is 4.52. The first-order chi connectivity index (χ1) is 10.6. The van der Waals surface area contributed by atoms with Gasteiger partial charge in [0.2, 0.25) is 0 Å². The number of nitrogens with one attached hydrogen (secondary N) is 1. The van der Waals surface area contributed by atoms with Gasteiger partial charge in [0.25, 0.3) is 5.91 Å². The summed E-state index contributed by atoms with van der Waals surface area (Å²) in [6.07, 6.45) is 1.63. The molecule has 22 heavy (non-hydrogen) atoms. The number of carbonyl (C=O) groups excluding carboxylic acids is 1. The van der Waals surface area contributed by atoms with Gasteiger partial charge in [0.05, 0.1) is 12.7 Å². The highest BCUT2D eigenvalue weighted by Gasteiger charge is 2.13. The first-order valence-electron chi connectivity index (χ1n) is 6.45. The standard InChI is InChI=1S/C15H11BrClN3O2/c16-11-4-2-1-3-10(11)9-20-14(7-8-18-20)19-15(21)12-5-6-13(17)22-12/h1-8H,9H2,(H,19,21). The van der Waals surface area contributed by atoms with Crippen molar-refractivity contribution in [3.05, 3.63) is 69.7 Å². The first-order valence-corrected chi connectivity index (χ1v) is 7.62. The van der Waals surface area contributed by atoms with Crippen LogP contribution in [0.5, 0.6) is 0 Å². The van der Waals surface area contributed by atoms with Gasteiger partial charge < -0.3 is 9.73 Å². The summed E-state index contributed by atoms with van der Waals surface area (Å²) in [7, 11) is 0. The zero-order valence-corrected chi connectivity index (χ0v) is 13.6. The van der Waals surface area contributed by atoms with E-state index in [2.05, 4.69) is 26.3 Å². The minimum Gasteiger partial charge on any atom is -0.440 e. The summed E-state index contributed by atoms with van der Waals surface area (Å²) in [6.45, 7) is 0.531. The van der Waals surface area contributed by atoms with E-state index in [-0.39, 0.29) is 16.9 Å². The monoisotopic (exact) mass is 379 g/mol. The van der Waals surface area contributed by atoms with E-state index in [4.69, 9.17) is 16.0 Å². The molecular weight excluding hydrogens is 370 g/mol. The predicted octanol–water partition coefficient (Wildman–Crippen LogP) is 4.19. The number of aromatic nitrogens is 2. The summed E-state index contributed by atoms with van der Waals surface area (Å²) in [6, 6.07) is 12.6. The Kier molecular flexibility index (Phi) is 4.31. The molecule has 3 rings (SSSR count). The van der Waals surface area contributed by atoms with Gasteiger partial charge >= 0.3 is 0 Å². The van der Waals surface area contributed by atoms with Crippen LogP contribution >= 0.6 is 27.5 Å². The van der Waals surface area contributed by atoms with Crippen LogP contribution in [0.15, 0.2) is 57.6 Å². The molecular formula is C15H11BrClN3O2. The summed E-state index contributed by atoms with van der Waals surface area (Å²) in [5.74, 6) is 0.354. The molecule has 0 aliphatic carbocycles. The summed E-state index contributed by atoms with van der Waals surface area (Å²) in [4.78, 5) is 12.1. The van der Waals surface area contributed by atoms with Crippen LogP contribution in [-0.2, 0) is 6.54 Å². The number of carbonyl (C=O) groups is 1. The number of halogens is 2. The molecule has 0 spiro atoms. The van der Waals surface area contributed by atoms with Crippen LogP contribution < -0.4 is 5.32 Å². The fraction of sp³-hybridized carbons (Fsp3) is 0.0667. The van der Waals surface area contributed by atoms with Gasteiger partial charge in [0.1, 0.15) is 5.82 Å². The van der Waals surface area contributed by atoms with Crippen molar-refractivity contribution in [3.8, 4) is 0 Å². The Morgan fingerprint density at radius 2 is 2.09 bits per heavy atom. The van der Waals surface area contributed by atoms with E-state index in [0.717, 1.165) is 10.0 Å². The quantitative estimate of drug-likeness (QED) is 0.738. The third kappa shape index (κ3) is 3.23. The van der Waals surface area contributed by atoms with Crippen LogP contribution in [0.3, 0.4) is 0 Å². The number of benzene rings is 1. The molecule has 5 nitrogen and oxygen atoms in total. The Morgan fingerprint density at radius 3 is 2.82 bits per heavy atom. The highest BCUT2D eigenvalue weighted by Crippen LogP contribution is 2.19. The maximum Gasteiger partial charge on any atom is 0.292 e. The number of hydrogen-bond acceptors (Lipinski definition) is 3. The first kappa shape index (κ1) is 14.9. The Morgan fingerprint density at radius 1 is 1.27 bits per heavy atom. The molecule has 0 atom stereocenters. The second-order valence-corrected chi connectivity index (χ2v) is 5.75. The zero-order valence-electron chi connectivity index (χ0n) is 11.3. The molecule has 1 amide bonds. The van der Waals surface area contributed by atoms with Crippen LogP contribution in [0.2, 0.25) is 5.22 Å². The Hall–Kier alpha value is -2.05. The predicted molar refractivity (Wildman–Crippen MR) is 87.1 cm³/mol. The van der Waals surface area contributed by atoms with Gasteiger partial charge in [-0.05, 0) is 35.4 Å². The van der Waals surface area contributed by atoms with Gasteiger partial charge in [-0.25, -0.2) is 4.68 Å². The lowest BCUT2D eigenvalue weighted by molar-refractivity contribution is 0.0996. The number of nitrogens with zero attached hydrogens (tertiary/aromatic N) is 2. The van der Waals surface area contributed by atoms with Crippen molar-refractivity contribution >= 4 is 39.3 Å². The maximum atomic E-state index is 12.1. The van der Waals surface area contributed by atoms with Crippen molar-refractivity contribution in [1.82, 2.24) is 9.78 Å². The van der Waals surface area contributed by atoms with Crippen molar-refractivity contribution in [1.29, 1.82) is 0 Å². The average Bonchev–Trinajstić information content (AvgIpc) is 3.11. The van der Waals surface area contributed by atoms with E-state index >= 15 is 0 Å². The molecule has 112 valence electrons. The lowest BCUT2D eigenvalue weighted by Gasteiger charge is -2.09.